The molecule has 1 saturated carbocycles. The van der Waals surface area contributed by atoms with Crippen LogP contribution in [0.5, 0.6) is 0 Å². The molecule has 0 aromatic heterocycles. The Balaban J connectivity index is 1.66. The normalized spacial score (nSPS) is 38.2. The van der Waals surface area contributed by atoms with Crippen LogP contribution in [0, 0.1) is 23.7 Å². The van der Waals surface area contributed by atoms with Gasteiger partial charge in [0.1, 0.15) is 6.73 Å². The first-order valence-corrected chi connectivity index (χ1v) is 9.35. The zero-order valence-corrected chi connectivity index (χ0v) is 13.1. The molecule has 3 aliphatic rings. The third-order valence-corrected chi connectivity index (χ3v) is 5.75. The molecule has 4 atom stereocenters. The van der Waals surface area contributed by atoms with Crippen LogP contribution >= 0.6 is 0 Å². The summed E-state index contributed by atoms with van der Waals surface area (Å²) in [5.41, 5.74) is 1.43. The molecule has 1 saturated heterocycles. The summed E-state index contributed by atoms with van der Waals surface area (Å²) in [6.07, 6.45) is 4.72. The van der Waals surface area contributed by atoms with Crippen molar-refractivity contribution in [1.29, 1.82) is 0 Å². The first-order valence-electron chi connectivity index (χ1n) is 7.54. The largest absolute Gasteiger partial charge is 0.294 e. The van der Waals surface area contributed by atoms with Gasteiger partial charge in [0.15, 0.2) is 0 Å². The van der Waals surface area contributed by atoms with Gasteiger partial charge in [0, 0.05) is 25.3 Å². The molecule has 0 N–H and O–H groups in total. The Kier molecular flexibility index (Phi) is 3.90. The summed E-state index contributed by atoms with van der Waals surface area (Å²) in [6.45, 7) is 5.46. The SMILES string of the molecule is CC1C2CCCN=C2CC2CN(COS(C)(=O)=O)CC21. The monoisotopic (exact) mass is 300 g/mol. The van der Waals surface area contributed by atoms with Crippen molar-refractivity contribution < 1.29 is 12.6 Å². The van der Waals surface area contributed by atoms with Gasteiger partial charge in [-0.05, 0) is 42.9 Å². The molecule has 2 heterocycles. The molecule has 114 valence electrons. The van der Waals surface area contributed by atoms with Crippen LogP contribution in [0.4, 0.5) is 0 Å². The lowest BCUT2D eigenvalue weighted by molar-refractivity contribution is 0.147. The molecule has 2 fully saturated rings. The summed E-state index contributed by atoms with van der Waals surface area (Å²) in [7, 11) is -3.34. The Morgan fingerprint density at radius 1 is 1.40 bits per heavy atom. The topological polar surface area (TPSA) is 59.0 Å². The van der Waals surface area contributed by atoms with Gasteiger partial charge in [0.25, 0.3) is 10.1 Å². The van der Waals surface area contributed by atoms with Crippen molar-refractivity contribution in [1.82, 2.24) is 4.90 Å². The van der Waals surface area contributed by atoms with E-state index in [9.17, 15) is 8.42 Å². The predicted molar refractivity (Wildman–Crippen MR) is 78.2 cm³/mol. The second kappa shape index (κ2) is 5.39. The van der Waals surface area contributed by atoms with Gasteiger partial charge in [0.2, 0.25) is 0 Å². The highest BCUT2D eigenvalue weighted by atomic mass is 32.2. The molecule has 0 aromatic rings. The van der Waals surface area contributed by atoms with Crippen molar-refractivity contribution >= 4 is 15.8 Å². The highest BCUT2D eigenvalue weighted by Crippen LogP contribution is 2.44. The van der Waals surface area contributed by atoms with Crippen LogP contribution in [0.15, 0.2) is 4.99 Å². The first-order chi connectivity index (χ1) is 9.44. The van der Waals surface area contributed by atoms with E-state index in [1.807, 2.05) is 0 Å². The van der Waals surface area contributed by atoms with E-state index in [4.69, 9.17) is 9.18 Å². The minimum absolute atomic E-state index is 0.204. The molecular weight excluding hydrogens is 276 g/mol. The number of nitrogens with zero attached hydrogens (tertiary/aromatic N) is 2. The third-order valence-electron chi connectivity index (χ3n) is 5.21. The van der Waals surface area contributed by atoms with E-state index < -0.39 is 10.1 Å². The van der Waals surface area contributed by atoms with E-state index in [0.717, 1.165) is 32.3 Å². The van der Waals surface area contributed by atoms with Crippen LogP contribution < -0.4 is 0 Å². The van der Waals surface area contributed by atoms with Crippen molar-refractivity contribution in [3.63, 3.8) is 0 Å². The van der Waals surface area contributed by atoms with Crippen molar-refractivity contribution in [3.05, 3.63) is 0 Å². The van der Waals surface area contributed by atoms with E-state index in [-0.39, 0.29) is 6.73 Å². The quantitative estimate of drug-likeness (QED) is 0.738. The lowest BCUT2D eigenvalue weighted by Gasteiger charge is -2.40. The lowest BCUT2D eigenvalue weighted by Crippen LogP contribution is -2.40. The summed E-state index contributed by atoms with van der Waals surface area (Å²) >= 11 is 0. The Labute approximate surface area is 121 Å². The van der Waals surface area contributed by atoms with E-state index in [2.05, 4.69) is 11.8 Å². The van der Waals surface area contributed by atoms with Crippen LogP contribution in [0.1, 0.15) is 26.2 Å². The molecule has 6 heteroatoms. The maximum Gasteiger partial charge on any atom is 0.265 e. The Morgan fingerprint density at radius 2 is 2.20 bits per heavy atom. The number of aliphatic imine (C=N–C) groups is 1. The smallest absolute Gasteiger partial charge is 0.265 e. The standard InChI is InChI=1S/C14H24N2O3S/c1-10-12-4-3-5-15-14(12)6-11-7-16(8-13(10)11)9-19-20(2,17)18/h10-13H,3-9H2,1-2H3. The molecular formula is C14H24N2O3S. The van der Waals surface area contributed by atoms with Crippen LogP contribution in [-0.4, -0.2) is 51.7 Å². The number of fused-ring (bicyclic) bond motifs is 2. The van der Waals surface area contributed by atoms with Crippen LogP contribution in [0.2, 0.25) is 0 Å². The van der Waals surface area contributed by atoms with Crippen molar-refractivity contribution in [3.8, 4) is 0 Å². The fraction of sp³-hybridized carbons (Fsp3) is 0.929. The van der Waals surface area contributed by atoms with Crippen LogP contribution in [0.3, 0.4) is 0 Å². The maximum absolute atomic E-state index is 11.1. The Hall–Kier alpha value is -0.460. The van der Waals surface area contributed by atoms with Gasteiger partial charge in [-0.15, -0.1) is 0 Å². The average molecular weight is 300 g/mol. The van der Waals surface area contributed by atoms with Crippen molar-refractivity contribution in [2.24, 2.45) is 28.7 Å². The lowest BCUT2D eigenvalue weighted by atomic mass is 9.66. The molecule has 20 heavy (non-hydrogen) atoms. The van der Waals surface area contributed by atoms with Gasteiger partial charge < -0.3 is 0 Å². The highest BCUT2D eigenvalue weighted by Gasteiger charge is 2.45. The molecule has 0 radical (unpaired) electrons. The molecule has 3 rings (SSSR count). The Morgan fingerprint density at radius 3 is 2.95 bits per heavy atom. The molecule has 2 aliphatic heterocycles. The molecule has 0 amide bonds. The maximum atomic E-state index is 11.1. The summed E-state index contributed by atoms with van der Waals surface area (Å²) in [4.78, 5) is 6.89. The molecule has 0 spiro atoms. The number of rotatable bonds is 3. The van der Waals surface area contributed by atoms with Crippen LogP contribution in [-0.2, 0) is 14.3 Å². The van der Waals surface area contributed by atoms with Crippen LogP contribution in [0.25, 0.3) is 0 Å². The molecule has 0 bridgehead atoms. The molecule has 0 aromatic carbocycles. The summed E-state index contributed by atoms with van der Waals surface area (Å²) < 4.78 is 27.1. The van der Waals surface area contributed by atoms with Crippen molar-refractivity contribution in [2.75, 3.05) is 32.6 Å². The summed E-state index contributed by atoms with van der Waals surface area (Å²) in [6, 6.07) is 0. The zero-order valence-electron chi connectivity index (χ0n) is 12.3. The van der Waals surface area contributed by atoms with Gasteiger partial charge in [-0.3, -0.25) is 14.1 Å². The molecule has 1 aliphatic carbocycles. The third kappa shape index (κ3) is 2.92. The van der Waals surface area contributed by atoms with Gasteiger partial charge in [-0.1, -0.05) is 6.92 Å². The average Bonchev–Trinajstić information content (AvgIpc) is 2.79. The number of hydrogen-bond acceptors (Lipinski definition) is 5. The first kappa shape index (κ1) is 14.5. The summed E-state index contributed by atoms with van der Waals surface area (Å²) in [5.74, 6) is 2.62. The van der Waals surface area contributed by atoms with E-state index >= 15 is 0 Å². The minimum Gasteiger partial charge on any atom is -0.294 e. The fourth-order valence-corrected chi connectivity index (χ4v) is 4.58. The number of hydrogen-bond donors (Lipinski definition) is 0. The van der Waals surface area contributed by atoms with Crippen molar-refractivity contribution in [2.45, 2.75) is 26.2 Å². The second-order valence-corrected chi connectivity index (χ2v) is 8.24. The predicted octanol–water partition coefficient (Wildman–Crippen LogP) is 1.36. The van der Waals surface area contributed by atoms with E-state index in [0.29, 0.717) is 23.7 Å². The Bertz CT molecular complexity index is 503. The van der Waals surface area contributed by atoms with E-state index in [1.165, 1.54) is 18.6 Å². The van der Waals surface area contributed by atoms with E-state index in [1.54, 1.807) is 0 Å². The summed E-state index contributed by atoms with van der Waals surface area (Å²) in [5, 5.41) is 0. The van der Waals surface area contributed by atoms with Gasteiger partial charge in [-0.25, -0.2) is 0 Å². The number of likely N-dealkylation sites (tertiary alicyclic amines) is 1. The molecule has 4 unspecified atom stereocenters. The molecule has 5 nitrogen and oxygen atoms in total. The fourth-order valence-electron chi connectivity index (χ4n) is 4.24. The second-order valence-electron chi connectivity index (χ2n) is 6.60. The zero-order chi connectivity index (χ0) is 14.3. The van der Waals surface area contributed by atoms with Gasteiger partial charge in [-0.2, -0.15) is 8.42 Å². The van der Waals surface area contributed by atoms with Gasteiger partial charge in [0.05, 0.1) is 6.26 Å². The van der Waals surface area contributed by atoms with Gasteiger partial charge >= 0.3 is 0 Å². The minimum atomic E-state index is -3.34. The highest BCUT2D eigenvalue weighted by molar-refractivity contribution is 7.85.